The molecule has 0 unspecified atom stereocenters. The molecule has 1 aromatic carbocycles. The van der Waals surface area contributed by atoms with Crippen LogP contribution in [-0.2, 0) is 23.1 Å². The summed E-state index contributed by atoms with van der Waals surface area (Å²) in [5.41, 5.74) is -9.33. The van der Waals surface area contributed by atoms with Crippen molar-refractivity contribution in [2.75, 3.05) is 0 Å². The molecule has 0 N–H and O–H groups in total. The van der Waals surface area contributed by atoms with Gasteiger partial charge in [0.15, 0.2) is 0 Å². The highest BCUT2D eigenvalue weighted by molar-refractivity contribution is 7.92. The highest BCUT2D eigenvalue weighted by Gasteiger charge is 2.48. The number of benzene rings is 1. The van der Waals surface area contributed by atoms with Crippen LogP contribution in [0.5, 0.6) is 0 Å². The molecule has 0 aliphatic heterocycles. The predicted octanol–water partition coefficient (Wildman–Crippen LogP) is 3.36. The van der Waals surface area contributed by atoms with Crippen LogP contribution in [0.15, 0.2) is 46.3 Å². The molecule has 0 bridgehead atoms. The molecule has 0 fully saturated rings. The number of hydrogen-bond donors (Lipinski definition) is 0. The molecular formula is C14H9F6NO3S. The number of rotatable bonds is 2. The van der Waals surface area contributed by atoms with E-state index in [0.717, 1.165) is 29.9 Å². The van der Waals surface area contributed by atoms with Crippen LogP contribution >= 0.6 is 0 Å². The average Bonchev–Trinajstić information content (AvgIpc) is 2.47. The third-order valence-electron chi connectivity index (χ3n) is 3.22. The lowest BCUT2D eigenvalue weighted by molar-refractivity contribution is -0.137. The van der Waals surface area contributed by atoms with E-state index in [1.807, 2.05) is 0 Å². The van der Waals surface area contributed by atoms with E-state index < -0.39 is 43.0 Å². The number of nitrogens with zero attached hydrogens (tertiary/aromatic N) is 1. The van der Waals surface area contributed by atoms with Gasteiger partial charge in [-0.2, -0.15) is 26.3 Å². The molecule has 1 heterocycles. The molecule has 0 radical (unpaired) electrons. The van der Waals surface area contributed by atoms with Crippen LogP contribution in [0.2, 0.25) is 0 Å². The molecule has 2 aromatic rings. The Labute approximate surface area is 137 Å². The first-order valence-corrected chi connectivity index (χ1v) is 7.93. The van der Waals surface area contributed by atoms with Crippen molar-refractivity contribution in [3.63, 3.8) is 0 Å². The molecule has 0 saturated carbocycles. The summed E-state index contributed by atoms with van der Waals surface area (Å²) in [7, 11) is -4.81. The Hall–Kier alpha value is -2.30. The second-order valence-corrected chi connectivity index (χ2v) is 6.97. The van der Waals surface area contributed by atoms with Crippen molar-refractivity contribution in [2.24, 2.45) is 7.05 Å². The number of alkyl halides is 6. The standard InChI is InChI=1S/C14H9F6NO3S/c1-21-6-10(8-3-2-4-9(5-8)13(15,16)17)12(22)11(7-21)25(23,24)14(18,19)20/h2-7H,1H3. The quantitative estimate of drug-likeness (QED) is 0.745. The van der Waals surface area contributed by atoms with E-state index in [1.54, 1.807) is 0 Å². The summed E-state index contributed by atoms with van der Waals surface area (Å²) in [6.07, 6.45) is -3.33. The van der Waals surface area contributed by atoms with Gasteiger partial charge in [0.2, 0.25) is 5.43 Å². The zero-order chi connectivity index (χ0) is 19.2. The summed E-state index contributed by atoms with van der Waals surface area (Å²) in [5.74, 6) is 0. The van der Waals surface area contributed by atoms with Crippen LogP contribution < -0.4 is 5.43 Å². The Balaban J connectivity index is 2.77. The van der Waals surface area contributed by atoms with Gasteiger partial charge in [-0.05, 0) is 17.7 Å². The zero-order valence-electron chi connectivity index (χ0n) is 12.3. The molecule has 0 amide bonds. The van der Waals surface area contributed by atoms with E-state index in [2.05, 4.69) is 0 Å². The lowest BCUT2D eigenvalue weighted by Crippen LogP contribution is -2.29. The number of aromatic nitrogens is 1. The molecular weight excluding hydrogens is 376 g/mol. The van der Waals surface area contributed by atoms with Crippen molar-refractivity contribution in [3.8, 4) is 11.1 Å². The van der Waals surface area contributed by atoms with Crippen molar-refractivity contribution in [1.82, 2.24) is 4.57 Å². The third kappa shape index (κ3) is 3.55. The van der Waals surface area contributed by atoms with Crippen molar-refractivity contribution < 1.29 is 34.8 Å². The molecule has 4 nitrogen and oxygen atoms in total. The Morgan fingerprint density at radius 1 is 1.00 bits per heavy atom. The lowest BCUT2D eigenvalue weighted by atomic mass is 10.0. The molecule has 0 saturated heterocycles. The fraction of sp³-hybridized carbons (Fsp3) is 0.214. The highest BCUT2D eigenvalue weighted by atomic mass is 32.2. The second kappa shape index (κ2) is 5.90. The molecule has 0 atom stereocenters. The molecule has 0 aliphatic rings. The van der Waals surface area contributed by atoms with Crippen LogP contribution in [0.25, 0.3) is 11.1 Å². The van der Waals surface area contributed by atoms with Crippen molar-refractivity contribution in [1.29, 1.82) is 0 Å². The lowest BCUT2D eigenvalue weighted by Gasteiger charge is -2.12. The molecule has 25 heavy (non-hydrogen) atoms. The Morgan fingerprint density at radius 2 is 1.60 bits per heavy atom. The summed E-state index contributed by atoms with van der Waals surface area (Å²) < 4.78 is 100. The molecule has 0 spiro atoms. The Kier molecular flexibility index (Phi) is 4.49. The Bertz CT molecular complexity index is 973. The minimum absolute atomic E-state index is 0.352. The molecule has 136 valence electrons. The van der Waals surface area contributed by atoms with Gasteiger partial charge in [-0.1, -0.05) is 12.1 Å². The second-order valence-electron chi connectivity index (χ2n) is 5.06. The summed E-state index contributed by atoms with van der Waals surface area (Å²) in [5, 5.41) is 0. The minimum atomic E-state index is -5.95. The topological polar surface area (TPSA) is 56.1 Å². The van der Waals surface area contributed by atoms with Crippen LogP contribution in [0, 0.1) is 0 Å². The number of halogens is 6. The number of sulfone groups is 1. The summed E-state index contributed by atoms with van der Waals surface area (Å²) >= 11 is 0. The van der Waals surface area contributed by atoms with Gasteiger partial charge >= 0.3 is 11.7 Å². The van der Waals surface area contributed by atoms with Gasteiger partial charge < -0.3 is 4.57 Å². The van der Waals surface area contributed by atoms with E-state index in [-0.39, 0.29) is 5.56 Å². The molecule has 1 aromatic heterocycles. The molecule has 11 heteroatoms. The number of pyridine rings is 1. The van der Waals surface area contributed by atoms with Gasteiger partial charge in [-0.3, -0.25) is 4.79 Å². The predicted molar refractivity (Wildman–Crippen MR) is 75.4 cm³/mol. The number of hydrogen-bond acceptors (Lipinski definition) is 3. The van der Waals surface area contributed by atoms with Gasteiger partial charge in [0.05, 0.1) is 5.56 Å². The van der Waals surface area contributed by atoms with E-state index in [1.165, 1.54) is 0 Å². The monoisotopic (exact) mass is 385 g/mol. The minimum Gasteiger partial charge on any atom is -0.355 e. The van der Waals surface area contributed by atoms with E-state index in [0.29, 0.717) is 18.3 Å². The van der Waals surface area contributed by atoms with E-state index >= 15 is 0 Å². The van der Waals surface area contributed by atoms with Crippen molar-refractivity contribution in [2.45, 2.75) is 16.6 Å². The maximum atomic E-state index is 12.8. The van der Waals surface area contributed by atoms with Gasteiger partial charge in [0, 0.05) is 25.0 Å². The van der Waals surface area contributed by atoms with Crippen LogP contribution in [0.1, 0.15) is 5.56 Å². The maximum absolute atomic E-state index is 12.8. The molecule has 0 aliphatic carbocycles. The number of aryl methyl sites for hydroxylation is 1. The van der Waals surface area contributed by atoms with E-state index in [9.17, 15) is 39.6 Å². The fourth-order valence-corrected chi connectivity index (χ4v) is 2.97. The van der Waals surface area contributed by atoms with Crippen LogP contribution in [0.4, 0.5) is 26.3 Å². The smallest absolute Gasteiger partial charge is 0.355 e. The Morgan fingerprint density at radius 3 is 2.12 bits per heavy atom. The molecule has 2 rings (SSSR count). The summed E-state index contributed by atoms with van der Waals surface area (Å²) in [4.78, 5) is 10.6. The first-order valence-electron chi connectivity index (χ1n) is 6.44. The normalized spacial score (nSPS) is 13.1. The first kappa shape index (κ1) is 19.0. The van der Waals surface area contributed by atoms with Gasteiger partial charge in [-0.15, -0.1) is 0 Å². The maximum Gasteiger partial charge on any atom is 0.502 e. The fourth-order valence-electron chi connectivity index (χ4n) is 2.06. The largest absolute Gasteiger partial charge is 0.502 e. The van der Waals surface area contributed by atoms with Crippen molar-refractivity contribution in [3.05, 3.63) is 52.4 Å². The average molecular weight is 385 g/mol. The van der Waals surface area contributed by atoms with E-state index in [4.69, 9.17) is 0 Å². The van der Waals surface area contributed by atoms with Gasteiger partial charge in [-0.25, -0.2) is 8.42 Å². The van der Waals surface area contributed by atoms with Gasteiger partial charge in [0.25, 0.3) is 9.84 Å². The SMILES string of the molecule is Cn1cc(-c2cccc(C(F)(F)F)c2)c(=O)c(S(=O)(=O)C(F)(F)F)c1. The summed E-state index contributed by atoms with van der Waals surface area (Å²) in [6, 6.07) is 3.30. The van der Waals surface area contributed by atoms with Gasteiger partial charge in [0.1, 0.15) is 4.90 Å². The summed E-state index contributed by atoms with van der Waals surface area (Å²) in [6.45, 7) is 0. The highest BCUT2D eigenvalue weighted by Crippen LogP contribution is 2.33. The first-order chi connectivity index (χ1) is 11.2. The van der Waals surface area contributed by atoms with Crippen molar-refractivity contribution >= 4 is 9.84 Å². The third-order valence-corrected chi connectivity index (χ3v) is 4.70. The van der Waals surface area contributed by atoms with Crippen LogP contribution in [-0.4, -0.2) is 18.5 Å². The zero-order valence-corrected chi connectivity index (χ0v) is 13.1. The van der Waals surface area contributed by atoms with Crippen LogP contribution in [0.3, 0.4) is 0 Å².